The molecule has 1 heterocycles. The first-order valence-corrected chi connectivity index (χ1v) is 7.67. The van der Waals surface area contributed by atoms with Crippen molar-refractivity contribution in [3.8, 4) is 0 Å². The van der Waals surface area contributed by atoms with Crippen molar-refractivity contribution in [2.45, 2.75) is 18.4 Å². The van der Waals surface area contributed by atoms with Crippen molar-refractivity contribution in [3.63, 3.8) is 0 Å². The number of nitrogens with zero attached hydrogens (tertiary/aromatic N) is 1. The smallest absolute Gasteiger partial charge is 0.146 e. The van der Waals surface area contributed by atoms with E-state index in [4.69, 9.17) is 0 Å². The topological polar surface area (TPSA) is 35.5 Å². The fraction of sp³-hybridized carbons (Fsp3) is 0.333. The Bertz CT molecular complexity index is 609. The minimum absolute atomic E-state index is 0.284. The number of piperidine rings is 1. The van der Waals surface area contributed by atoms with E-state index in [-0.39, 0.29) is 5.82 Å². The highest BCUT2D eigenvalue weighted by Gasteiger charge is 2.32. The molecule has 116 valence electrons. The van der Waals surface area contributed by atoms with Crippen LogP contribution in [0.3, 0.4) is 0 Å². The van der Waals surface area contributed by atoms with Gasteiger partial charge in [-0.1, -0.05) is 30.3 Å². The summed E-state index contributed by atoms with van der Waals surface area (Å²) >= 11 is 0. The number of halogens is 1. The van der Waals surface area contributed by atoms with Crippen LogP contribution in [0.25, 0.3) is 0 Å². The Kier molecular flexibility index (Phi) is 4.29. The predicted octanol–water partition coefficient (Wildman–Crippen LogP) is 3.27. The lowest BCUT2D eigenvalue weighted by Crippen LogP contribution is -2.48. The number of aliphatic hydroxyl groups is 1. The van der Waals surface area contributed by atoms with Crippen LogP contribution in [-0.2, 0) is 0 Å². The second-order valence-electron chi connectivity index (χ2n) is 5.88. The van der Waals surface area contributed by atoms with Crippen molar-refractivity contribution >= 4 is 11.4 Å². The Morgan fingerprint density at radius 3 is 2.32 bits per heavy atom. The summed E-state index contributed by atoms with van der Waals surface area (Å²) in [5.41, 5.74) is 0.848. The van der Waals surface area contributed by atoms with Gasteiger partial charge in [-0.3, -0.25) is 0 Å². The second-order valence-corrected chi connectivity index (χ2v) is 5.88. The quantitative estimate of drug-likeness (QED) is 0.909. The highest BCUT2D eigenvalue weighted by atomic mass is 19.1. The lowest BCUT2D eigenvalue weighted by molar-refractivity contribution is 0.0290. The van der Waals surface area contributed by atoms with Crippen LogP contribution in [0.1, 0.15) is 12.8 Å². The number of para-hydroxylation sites is 2. The first-order valence-electron chi connectivity index (χ1n) is 7.67. The number of hydrogen-bond acceptors (Lipinski definition) is 3. The maximum absolute atomic E-state index is 13.6. The lowest BCUT2D eigenvalue weighted by atomic mass is 9.91. The molecule has 0 unspecified atom stereocenters. The molecule has 3 rings (SSSR count). The van der Waals surface area contributed by atoms with Crippen LogP contribution in [0.5, 0.6) is 0 Å². The summed E-state index contributed by atoms with van der Waals surface area (Å²) in [7, 11) is 0. The highest BCUT2D eigenvalue weighted by Crippen LogP contribution is 2.27. The van der Waals surface area contributed by atoms with Crippen molar-refractivity contribution in [2.24, 2.45) is 0 Å². The minimum atomic E-state index is -0.784. The summed E-state index contributed by atoms with van der Waals surface area (Å²) in [5.74, 6) is -0.284. The molecule has 1 fully saturated rings. The monoisotopic (exact) mass is 300 g/mol. The largest absolute Gasteiger partial charge is 0.388 e. The van der Waals surface area contributed by atoms with Crippen molar-refractivity contribution in [1.82, 2.24) is 0 Å². The van der Waals surface area contributed by atoms with Gasteiger partial charge in [-0.25, -0.2) is 4.39 Å². The predicted molar refractivity (Wildman–Crippen MR) is 87.7 cm³/mol. The van der Waals surface area contributed by atoms with E-state index in [1.165, 1.54) is 11.8 Å². The molecule has 0 radical (unpaired) electrons. The van der Waals surface area contributed by atoms with E-state index in [2.05, 4.69) is 22.3 Å². The molecular weight excluding hydrogens is 279 g/mol. The van der Waals surface area contributed by atoms with E-state index >= 15 is 0 Å². The third kappa shape index (κ3) is 3.39. The summed E-state index contributed by atoms with van der Waals surface area (Å²) in [6, 6.07) is 16.8. The molecule has 0 amide bonds. The van der Waals surface area contributed by atoms with Crippen molar-refractivity contribution < 1.29 is 9.50 Å². The number of benzene rings is 2. The molecule has 2 N–H and O–H groups in total. The van der Waals surface area contributed by atoms with Gasteiger partial charge in [-0.15, -0.1) is 0 Å². The SMILES string of the molecule is OC1(CNc2ccccc2F)CCN(c2ccccc2)CC1. The summed E-state index contributed by atoms with van der Waals surface area (Å²) in [6.45, 7) is 1.98. The average Bonchev–Trinajstić information content (AvgIpc) is 2.56. The Hall–Kier alpha value is -2.07. The van der Waals surface area contributed by atoms with Crippen molar-refractivity contribution in [1.29, 1.82) is 0 Å². The third-order valence-corrected chi connectivity index (χ3v) is 4.30. The van der Waals surface area contributed by atoms with Gasteiger partial charge in [0.1, 0.15) is 5.82 Å². The summed E-state index contributed by atoms with van der Waals surface area (Å²) in [4.78, 5) is 2.28. The molecule has 0 atom stereocenters. The summed E-state index contributed by atoms with van der Waals surface area (Å²) < 4.78 is 13.6. The van der Waals surface area contributed by atoms with Crippen LogP contribution in [0, 0.1) is 5.82 Å². The first-order chi connectivity index (χ1) is 10.7. The highest BCUT2D eigenvalue weighted by molar-refractivity contribution is 5.47. The maximum Gasteiger partial charge on any atom is 0.146 e. The molecule has 1 aliphatic rings. The maximum atomic E-state index is 13.6. The first kappa shape index (κ1) is 14.9. The van der Waals surface area contributed by atoms with E-state index in [1.807, 2.05) is 18.2 Å². The van der Waals surface area contributed by atoms with Crippen LogP contribution in [0.4, 0.5) is 15.8 Å². The van der Waals surface area contributed by atoms with Gasteiger partial charge in [0, 0.05) is 25.3 Å². The van der Waals surface area contributed by atoms with Crippen molar-refractivity contribution in [2.75, 3.05) is 29.9 Å². The standard InChI is InChI=1S/C18H21FN2O/c19-16-8-4-5-9-17(16)20-14-18(22)10-12-21(13-11-18)15-6-2-1-3-7-15/h1-9,20,22H,10-14H2. The van der Waals surface area contributed by atoms with E-state index in [1.54, 1.807) is 18.2 Å². The van der Waals surface area contributed by atoms with E-state index in [0.717, 1.165) is 13.1 Å². The molecule has 4 heteroatoms. The molecule has 2 aromatic rings. The molecule has 0 aromatic heterocycles. The number of nitrogens with one attached hydrogen (secondary N) is 1. The number of hydrogen-bond donors (Lipinski definition) is 2. The molecule has 0 bridgehead atoms. The van der Waals surface area contributed by atoms with Gasteiger partial charge in [0.25, 0.3) is 0 Å². The third-order valence-electron chi connectivity index (χ3n) is 4.30. The van der Waals surface area contributed by atoms with E-state index in [0.29, 0.717) is 25.1 Å². The molecule has 22 heavy (non-hydrogen) atoms. The molecular formula is C18H21FN2O. The van der Waals surface area contributed by atoms with Crippen LogP contribution in [0.2, 0.25) is 0 Å². The zero-order valence-corrected chi connectivity index (χ0v) is 12.5. The molecule has 3 nitrogen and oxygen atoms in total. The van der Waals surface area contributed by atoms with Crippen LogP contribution in [0.15, 0.2) is 54.6 Å². The van der Waals surface area contributed by atoms with Crippen LogP contribution < -0.4 is 10.2 Å². The zero-order valence-electron chi connectivity index (χ0n) is 12.5. The van der Waals surface area contributed by atoms with Gasteiger partial charge in [0.15, 0.2) is 0 Å². The molecule has 0 aliphatic carbocycles. The minimum Gasteiger partial charge on any atom is -0.388 e. The Morgan fingerprint density at radius 1 is 1.00 bits per heavy atom. The summed E-state index contributed by atoms with van der Waals surface area (Å²) in [6.07, 6.45) is 1.34. The fourth-order valence-electron chi connectivity index (χ4n) is 2.86. The van der Waals surface area contributed by atoms with Gasteiger partial charge in [-0.2, -0.15) is 0 Å². The van der Waals surface area contributed by atoms with E-state index in [9.17, 15) is 9.50 Å². The second kappa shape index (κ2) is 6.36. The molecule has 1 aliphatic heterocycles. The van der Waals surface area contributed by atoms with Gasteiger partial charge < -0.3 is 15.3 Å². The molecule has 2 aromatic carbocycles. The van der Waals surface area contributed by atoms with Gasteiger partial charge in [-0.05, 0) is 37.1 Å². The number of rotatable bonds is 4. The zero-order chi connectivity index (χ0) is 15.4. The van der Waals surface area contributed by atoms with Crippen LogP contribution >= 0.6 is 0 Å². The molecule has 1 saturated heterocycles. The normalized spacial score (nSPS) is 17.3. The van der Waals surface area contributed by atoms with Gasteiger partial charge >= 0.3 is 0 Å². The van der Waals surface area contributed by atoms with Gasteiger partial charge in [0.2, 0.25) is 0 Å². The molecule has 0 saturated carbocycles. The average molecular weight is 300 g/mol. The van der Waals surface area contributed by atoms with Gasteiger partial charge in [0.05, 0.1) is 11.3 Å². The van der Waals surface area contributed by atoms with Crippen LogP contribution in [-0.4, -0.2) is 30.3 Å². The Labute approximate surface area is 130 Å². The fourth-order valence-corrected chi connectivity index (χ4v) is 2.86. The summed E-state index contributed by atoms with van der Waals surface area (Å²) in [5, 5.41) is 13.7. The Morgan fingerprint density at radius 2 is 1.64 bits per heavy atom. The lowest BCUT2D eigenvalue weighted by Gasteiger charge is -2.39. The number of anilines is 2. The van der Waals surface area contributed by atoms with Crippen molar-refractivity contribution in [3.05, 3.63) is 60.4 Å². The Balaban J connectivity index is 1.57. The molecule has 0 spiro atoms. The van der Waals surface area contributed by atoms with E-state index < -0.39 is 5.60 Å².